The molecule has 1 fully saturated rings. The predicted molar refractivity (Wildman–Crippen MR) is 87.0 cm³/mol. The normalized spacial score (nSPS) is 17.0. The van der Waals surface area contributed by atoms with Crippen LogP contribution >= 0.6 is 0 Å². The standard InChI is InChI=1S/C17H23N3O/c1-20-10-7-13(8-11-20)12-19-17-15-4-3-5-16(21-2)14(15)6-9-18-17/h3-6,9,13H,7-8,10-12H2,1-2H3,(H,18,19). The summed E-state index contributed by atoms with van der Waals surface area (Å²) in [6.45, 7) is 3.39. The molecule has 1 saturated heterocycles. The van der Waals surface area contributed by atoms with Crippen LogP contribution in [0.25, 0.3) is 10.8 Å². The highest BCUT2D eigenvalue weighted by Gasteiger charge is 2.16. The molecule has 1 aromatic heterocycles. The molecule has 112 valence electrons. The fraction of sp³-hybridized carbons (Fsp3) is 0.471. The highest BCUT2D eigenvalue weighted by molar-refractivity contribution is 5.95. The minimum atomic E-state index is 0.740. The number of piperidine rings is 1. The van der Waals surface area contributed by atoms with E-state index in [1.165, 1.54) is 25.9 Å². The van der Waals surface area contributed by atoms with Crippen molar-refractivity contribution < 1.29 is 4.74 Å². The van der Waals surface area contributed by atoms with Crippen molar-refractivity contribution in [3.05, 3.63) is 30.5 Å². The molecule has 0 bridgehead atoms. The van der Waals surface area contributed by atoms with Gasteiger partial charge in [-0.1, -0.05) is 12.1 Å². The van der Waals surface area contributed by atoms with Crippen LogP contribution in [0.15, 0.2) is 30.5 Å². The molecule has 1 aliphatic rings. The van der Waals surface area contributed by atoms with Gasteiger partial charge >= 0.3 is 0 Å². The average molecular weight is 285 g/mol. The number of rotatable bonds is 4. The number of hydrogen-bond acceptors (Lipinski definition) is 4. The molecule has 21 heavy (non-hydrogen) atoms. The lowest BCUT2D eigenvalue weighted by Crippen LogP contribution is -2.33. The van der Waals surface area contributed by atoms with Crippen molar-refractivity contribution in [2.75, 3.05) is 39.1 Å². The number of likely N-dealkylation sites (tertiary alicyclic amines) is 1. The van der Waals surface area contributed by atoms with Crippen LogP contribution in [0.3, 0.4) is 0 Å². The summed E-state index contributed by atoms with van der Waals surface area (Å²) in [5, 5.41) is 5.78. The molecule has 0 aliphatic carbocycles. The molecule has 0 saturated carbocycles. The van der Waals surface area contributed by atoms with Crippen LogP contribution in [0.2, 0.25) is 0 Å². The molecule has 0 atom stereocenters. The molecule has 1 aromatic carbocycles. The van der Waals surface area contributed by atoms with Crippen LogP contribution in [0.5, 0.6) is 5.75 Å². The molecule has 0 spiro atoms. The summed E-state index contributed by atoms with van der Waals surface area (Å²) in [7, 11) is 3.91. The molecule has 0 radical (unpaired) electrons. The molecule has 2 aromatic rings. The van der Waals surface area contributed by atoms with Crippen LogP contribution < -0.4 is 10.1 Å². The predicted octanol–water partition coefficient (Wildman–Crippen LogP) is 3.00. The molecule has 3 rings (SSSR count). The van der Waals surface area contributed by atoms with Gasteiger partial charge in [0.2, 0.25) is 0 Å². The van der Waals surface area contributed by atoms with Crippen molar-refractivity contribution in [2.24, 2.45) is 5.92 Å². The van der Waals surface area contributed by atoms with Crippen molar-refractivity contribution in [1.29, 1.82) is 0 Å². The first kappa shape index (κ1) is 14.1. The van der Waals surface area contributed by atoms with Gasteiger partial charge in [-0.15, -0.1) is 0 Å². The van der Waals surface area contributed by atoms with Crippen molar-refractivity contribution >= 4 is 16.6 Å². The zero-order chi connectivity index (χ0) is 14.7. The highest BCUT2D eigenvalue weighted by atomic mass is 16.5. The molecule has 1 aliphatic heterocycles. The fourth-order valence-electron chi connectivity index (χ4n) is 3.00. The minimum Gasteiger partial charge on any atom is -0.496 e. The minimum absolute atomic E-state index is 0.740. The van der Waals surface area contributed by atoms with E-state index in [9.17, 15) is 0 Å². The Bertz CT molecular complexity index is 606. The number of methoxy groups -OCH3 is 1. The van der Waals surface area contributed by atoms with Gasteiger partial charge in [0.15, 0.2) is 0 Å². The van der Waals surface area contributed by atoms with Gasteiger partial charge in [0, 0.05) is 23.5 Å². The molecular formula is C17H23N3O. The number of anilines is 1. The number of fused-ring (bicyclic) bond motifs is 1. The van der Waals surface area contributed by atoms with Crippen molar-refractivity contribution in [3.63, 3.8) is 0 Å². The van der Waals surface area contributed by atoms with Crippen LogP contribution in [-0.4, -0.2) is 43.7 Å². The van der Waals surface area contributed by atoms with E-state index in [2.05, 4.69) is 28.3 Å². The molecule has 2 heterocycles. The second-order valence-corrected chi connectivity index (χ2v) is 5.84. The highest BCUT2D eigenvalue weighted by Crippen LogP contribution is 2.29. The van der Waals surface area contributed by atoms with Gasteiger partial charge in [-0.2, -0.15) is 0 Å². The van der Waals surface area contributed by atoms with E-state index in [1.807, 2.05) is 24.4 Å². The third-order valence-corrected chi connectivity index (χ3v) is 4.38. The Morgan fingerprint density at radius 2 is 2.05 bits per heavy atom. The van der Waals surface area contributed by atoms with Crippen LogP contribution in [0, 0.1) is 5.92 Å². The zero-order valence-corrected chi connectivity index (χ0v) is 12.8. The monoisotopic (exact) mass is 285 g/mol. The lowest BCUT2D eigenvalue weighted by molar-refractivity contribution is 0.226. The summed E-state index contributed by atoms with van der Waals surface area (Å²) >= 11 is 0. The van der Waals surface area contributed by atoms with Crippen LogP contribution in [-0.2, 0) is 0 Å². The van der Waals surface area contributed by atoms with Crippen LogP contribution in [0.1, 0.15) is 12.8 Å². The number of aromatic nitrogens is 1. The lowest BCUT2D eigenvalue weighted by Gasteiger charge is -2.29. The quantitative estimate of drug-likeness (QED) is 0.937. The number of hydrogen-bond donors (Lipinski definition) is 1. The lowest BCUT2D eigenvalue weighted by atomic mass is 9.97. The first-order valence-electron chi connectivity index (χ1n) is 7.62. The average Bonchev–Trinajstić information content (AvgIpc) is 2.53. The fourth-order valence-corrected chi connectivity index (χ4v) is 3.00. The van der Waals surface area contributed by atoms with Crippen molar-refractivity contribution in [1.82, 2.24) is 9.88 Å². The maximum atomic E-state index is 5.43. The van der Waals surface area contributed by atoms with E-state index in [0.29, 0.717) is 0 Å². The van der Waals surface area contributed by atoms with E-state index >= 15 is 0 Å². The van der Waals surface area contributed by atoms with E-state index in [1.54, 1.807) is 7.11 Å². The Labute approximate surface area is 126 Å². The van der Waals surface area contributed by atoms with E-state index in [-0.39, 0.29) is 0 Å². The van der Waals surface area contributed by atoms with Crippen molar-refractivity contribution in [2.45, 2.75) is 12.8 Å². The van der Waals surface area contributed by atoms with Gasteiger partial charge in [-0.05, 0) is 51.0 Å². The molecule has 0 unspecified atom stereocenters. The maximum Gasteiger partial charge on any atom is 0.133 e. The number of pyridine rings is 1. The number of nitrogens with zero attached hydrogens (tertiary/aromatic N) is 2. The third kappa shape index (κ3) is 3.10. The zero-order valence-electron chi connectivity index (χ0n) is 12.8. The first-order chi connectivity index (χ1) is 10.3. The summed E-state index contributed by atoms with van der Waals surface area (Å²) in [6, 6.07) is 8.11. The van der Waals surface area contributed by atoms with E-state index in [4.69, 9.17) is 4.74 Å². The summed E-state index contributed by atoms with van der Waals surface area (Å²) < 4.78 is 5.43. The Balaban J connectivity index is 1.75. The van der Waals surface area contributed by atoms with Gasteiger partial charge < -0.3 is 15.0 Å². The van der Waals surface area contributed by atoms with Crippen molar-refractivity contribution in [3.8, 4) is 5.75 Å². The third-order valence-electron chi connectivity index (χ3n) is 4.38. The van der Waals surface area contributed by atoms with Gasteiger partial charge in [0.05, 0.1) is 7.11 Å². The number of ether oxygens (including phenoxy) is 1. The van der Waals surface area contributed by atoms with Gasteiger partial charge in [0.25, 0.3) is 0 Å². The molecule has 1 N–H and O–H groups in total. The van der Waals surface area contributed by atoms with E-state index in [0.717, 1.165) is 34.8 Å². The molecule has 0 amide bonds. The molecule has 4 heteroatoms. The summed E-state index contributed by atoms with van der Waals surface area (Å²) in [5.41, 5.74) is 0. The summed E-state index contributed by atoms with van der Waals surface area (Å²) in [4.78, 5) is 6.90. The van der Waals surface area contributed by atoms with Gasteiger partial charge in [-0.3, -0.25) is 0 Å². The Kier molecular flexibility index (Phi) is 4.25. The smallest absolute Gasteiger partial charge is 0.133 e. The first-order valence-corrected chi connectivity index (χ1v) is 7.62. The number of nitrogens with one attached hydrogen (secondary N) is 1. The Morgan fingerprint density at radius 1 is 1.24 bits per heavy atom. The second kappa shape index (κ2) is 6.31. The SMILES string of the molecule is COc1cccc2c(NCC3CCN(C)CC3)nccc12. The van der Waals surface area contributed by atoms with E-state index < -0.39 is 0 Å². The van der Waals surface area contributed by atoms with Gasteiger partial charge in [-0.25, -0.2) is 4.98 Å². The summed E-state index contributed by atoms with van der Waals surface area (Å²) in [6.07, 6.45) is 4.37. The maximum absolute atomic E-state index is 5.43. The molecule has 4 nitrogen and oxygen atoms in total. The number of benzene rings is 1. The van der Waals surface area contributed by atoms with Crippen LogP contribution in [0.4, 0.5) is 5.82 Å². The Hall–Kier alpha value is -1.81. The van der Waals surface area contributed by atoms with Gasteiger partial charge in [0.1, 0.15) is 11.6 Å². The Morgan fingerprint density at radius 3 is 2.81 bits per heavy atom. The molecular weight excluding hydrogens is 262 g/mol. The second-order valence-electron chi connectivity index (χ2n) is 5.84. The summed E-state index contributed by atoms with van der Waals surface area (Å²) in [5.74, 6) is 2.60. The topological polar surface area (TPSA) is 37.4 Å². The largest absolute Gasteiger partial charge is 0.496 e.